The number of nitrogens with zero attached hydrogens (tertiary/aromatic N) is 3. The zero-order valence-corrected chi connectivity index (χ0v) is 20.7. The molecule has 1 fully saturated rings. The first-order chi connectivity index (χ1) is 16.2. The third kappa shape index (κ3) is 4.82. The van der Waals surface area contributed by atoms with E-state index in [2.05, 4.69) is 4.98 Å². The van der Waals surface area contributed by atoms with Crippen molar-refractivity contribution in [2.75, 3.05) is 26.7 Å². The predicted molar refractivity (Wildman–Crippen MR) is 129 cm³/mol. The maximum atomic E-state index is 13.6. The number of hydrogen-bond donors (Lipinski definition) is 1. The van der Waals surface area contributed by atoms with Crippen molar-refractivity contribution in [2.45, 2.75) is 50.2 Å². The Morgan fingerprint density at radius 2 is 1.94 bits per heavy atom. The lowest BCUT2D eigenvalue weighted by atomic mass is 9.84. The number of aliphatic hydroxyl groups is 1. The maximum absolute atomic E-state index is 13.6. The van der Waals surface area contributed by atoms with Crippen molar-refractivity contribution in [3.63, 3.8) is 0 Å². The van der Waals surface area contributed by atoms with Crippen LogP contribution < -0.4 is 4.74 Å². The largest absolute Gasteiger partial charge is 0.487 e. The molecular formula is C25H33N3O5S. The number of pyridine rings is 1. The molecule has 3 atom stereocenters. The molecule has 1 aromatic heterocycles. The molecule has 2 heterocycles. The summed E-state index contributed by atoms with van der Waals surface area (Å²) in [4.78, 5) is 18.6. The van der Waals surface area contributed by atoms with Crippen molar-refractivity contribution in [1.29, 1.82) is 0 Å². The zero-order chi connectivity index (χ0) is 24.5. The summed E-state index contributed by atoms with van der Waals surface area (Å²) in [7, 11) is -2.12. The van der Waals surface area contributed by atoms with E-state index in [1.165, 1.54) is 4.31 Å². The number of fused-ring (bicyclic) bond motifs is 1. The Morgan fingerprint density at radius 3 is 2.56 bits per heavy atom. The highest BCUT2D eigenvalue weighted by molar-refractivity contribution is 7.89. The molecule has 9 heteroatoms. The fraction of sp³-hybridized carbons (Fsp3) is 0.520. The molecule has 0 unspecified atom stereocenters. The molecular weight excluding hydrogens is 454 g/mol. The van der Waals surface area contributed by atoms with Crippen molar-refractivity contribution in [3.8, 4) is 16.9 Å². The van der Waals surface area contributed by atoms with Gasteiger partial charge in [-0.2, -0.15) is 4.31 Å². The van der Waals surface area contributed by atoms with Gasteiger partial charge in [-0.15, -0.1) is 0 Å². The number of carbonyl (C=O) groups is 1. The van der Waals surface area contributed by atoms with Gasteiger partial charge in [0, 0.05) is 43.9 Å². The summed E-state index contributed by atoms with van der Waals surface area (Å²) < 4.78 is 34.9. The van der Waals surface area contributed by atoms with E-state index in [0.29, 0.717) is 6.54 Å². The van der Waals surface area contributed by atoms with Gasteiger partial charge in [-0.25, -0.2) is 8.42 Å². The summed E-state index contributed by atoms with van der Waals surface area (Å²) in [6, 6.07) is 8.17. The molecule has 1 N–H and O–H groups in total. The predicted octanol–water partition coefficient (Wildman–Crippen LogP) is 2.78. The Morgan fingerprint density at radius 1 is 1.24 bits per heavy atom. The van der Waals surface area contributed by atoms with Gasteiger partial charge < -0.3 is 14.7 Å². The lowest BCUT2D eigenvalue weighted by Crippen LogP contribution is -2.50. The van der Waals surface area contributed by atoms with Crippen LogP contribution in [0.25, 0.3) is 11.1 Å². The SMILES string of the molecule is C[C@H](CO)N1C[C@H](C)[C@@H](CN(C)C(=O)C2CCC2)Oc2cc(-c3ccncc3)ccc2S1(=O)=O. The van der Waals surface area contributed by atoms with E-state index in [0.717, 1.165) is 30.4 Å². The Balaban J connectivity index is 1.74. The second-order valence-electron chi connectivity index (χ2n) is 9.48. The van der Waals surface area contributed by atoms with Crippen LogP contribution in [0.15, 0.2) is 47.6 Å². The molecule has 0 spiro atoms. The molecule has 1 amide bonds. The van der Waals surface area contributed by atoms with Gasteiger partial charge in [0.15, 0.2) is 0 Å². The number of rotatable bonds is 6. The Kier molecular flexibility index (Phi) is 7.25. The quantitative estimate of drug-likeness (QED) is 0.673. The Bertz CT molecular complexity index is 1120. The van der Waals surface area contributed by atoms with E-state index in [1.54, 1.807) is 49.5 Å². The van der Waals surface area contributed by atoms with Gasteiger partial charge in [-0.05, 0) is 55.2 Å². The van der Waals surface area contributed by atoms with Crippen LogP contribution in [0.4, 0.5) is 0 Å². The summed E-state index contributed by atoms with van der Waals surface area (Å²) in [6.07, 6.45) is 5.87. The third-order valence-electron chi connectivity index (χ3n) is 6.97. The standard InChI is InChI=1S/C25H33N3O5S/c1-17-14-28(18(2)16-29)34(31,32)24-8-7-21(19-9-11-26-12-10-19)13-22(24)33-23(17)15-27(3)25(30)20-5-4-6-20/h7-13,17-18,20,23,29H,4-6,14-16H2,1-3H3/t17-,18+,23+/m0/s1. The highest BCUT2D eigenvalue weighted by Crippen LogP contribution is 2.37. The van der Waals surface area contributed by atoms with Crippen LogP contribution in [0, 0.1) is 11.8 Å². The minimum atomic E-state index is -3.91. The van der Waals surface area contributed by atoms with Gasteiger partial charge >= 0.3 is 0 Å². The van der Waals surface area contributed by atoms with Crippen molar-refractivity contribution >= 4 is 15.9 Å². The van der Waals surface area contributed by atoms with Crippen molar-refractivity contribution in [3.05, 3.63) is 42.7 Å². The first-order valence-electron chi connectivity index (χ1n) is 11.8. The normalized spacial score (nSPS) is 23.5. The van der Waals surface area contributed by atoms with Gasteiger partial charge in [-0.1, -0.05) is 19.4 Å². The monoisotopic (exact) mass is 487 g/mol. The molecule has 1 aliphatic carbocycles. The molecule has 34 heavy (non-hydrogen) atoms. The topological polar surface area (TPSA) is 100 Å². The smallest absolute Gasteiger partial charge is 0.247 e. The van der Waals surface area contributed by atoms with Crippen LogP contribution in [-0.4, -0.2) is 72.5 Å². The van der Waals surface area contributed by atoms with Crippen molar-refractivity contribution in [1.82, 2.24) is 14.2 Å². The number of ether oxygens (including phenoxy) is 1. The maximum Gasteiger partial charge on any atom is 0.247 e. The second kappa shape index (κ2) is 10.0. The van der Waals surface area contributed by atoms with Gasteiger partial charge in [0.25, 0.3) is 0 Å². The number of likely N-dealkylation sites (N-methyl/N-ethyl adjacent to an activating group) is 1. The number of amides is 1. The number of hydrogen-bond acceptors (Lipinski definition) is 6. The molecule has 1 saturated carbocycles. The Hall–Kier alpha value is -2.49. The molecule has 8 nitrogen and oxygen atoms in total. The highest BCUT2D eigenvalue weighted by Gasteiger charge is 2.39. The molecule has 0 radical (unpaired) electrons. The molecule has 184 valence electrons. The lowest BCUT2D eigenvalue weighted by molar-refractivity contribution is -0.138. The van der Waals surface area contributed by atoms with Crippen LogP contribution in [0.1, 0.15) is 33.1 Å². The first kappa shape index (κ1) is 24.6. The molecule has 0 saturated heterocycles. The van der Waals surface area contributed by atoms with Crippen LogP contribution in [-0.2, 0) is 14.8 Å². The number of carbonyl (C=O) groups excluding carboxylic acids is 1. The summed E-state index contributed by atoms with van der Waals surface area (Å²) in [5, 5.41) is 9.79. The van der Waals surface area contributed by atoms with E-state index in [-0.39, 0.29) is 41.5 Å². The van der Waals surface area contributed by atoms with E-state index in [1.807, 2.05) is 19.1 Å². The van der Waals surface area contributed by atoms with E-state index >= 15 is 0 Å². The third-order valence-corrected chi connectivity index (χ3v) is 8.98. The molecule has 2 aromatic rings. The number of aromatic nitrogens is 1. The molecule has 1 aliphatic heterocycles. The fourth-order valence-corrected chi connectivity index (χ4v) is 6.32. The van der Waals surface area contributed by atoms with E-state index in [9.17, 15) is 18.3 Å². The van der Waals surface area contributed by atoms with Gasteiger partial charge in [0.1, 0.15) is 16.7 Å². The summed E-state index contributed by atoms with van der Waals surface area (Å²) >= 11 is 0. The molecule has 2 aliphatic rings. The summed E-state index contributed by atoms with van der Waals surface area (Å²) in [6.45, 7) is 3.88. The average molecular weight is 488 g/mol. The van der Waals surface area contributed by atoms with Crippen molar-refractivity contribution in [2.24, 2.45) is 11.8 Å². The average Bonchev–Trinajstić information content (AvgIpc) is 2.79. The van der Waals surface area contributed by atoms with E-state index < -0.39 is 22.2 Å². The van der Waals surface area contributed by atoms with Crippen LogP contribution in [0.5, 0.6) is 5.75 Å². The molecule has 0 bridgehead atoms. The van der Waals surface area contributed by atoms with Crippen molar-refractivity contribution < 1.29 is 23.1 Å². The second-order valence-corrected chi connectivity index (χ2v) is 11.3. The zero-order valence-electron chi connectivity index (χ0n) is 19.9. The number of sulfonamides is 1. The number of aliphatic hydroxyl groups excluding tert-OH is 1. The minimum Gasteiger partial charge on any atom is -0.487 e. The molecule has 4 rings (SSSR count). The highest BCUT2D eigenvalue weighted by atomic mass is 32.2. The molecule has 1 aromatic carbocycles. The Labute approximate surface area is 201 Å². The van der Waals surface area contributed by atoms with Gasteiger partial charge in [-0.3, -0.25) is 9.78 Å². The lowest BCUT2D eigenvalue weighted by Gasteiger charge is -2.38. The van der Waals surface area contributed by atoms with Gasteiger partial charge in [0.05, 0.1) is 13.2 Å². The number of benzene rings is 1. The van der Waals surface area contributed by atoms with E-state index in [4.69, 9.17) is 4.74 Å². The minimum absolute atomic E-state index is 0.0653. The first-order valence-corrected chi connectivity index (χ1v) is 13.2. The van der Waals surface area contributed by atoms with Gasteiger partial charge in [0.2, 0.25) is 15.9 Å². The summed E-state index contributed by atoms with van der Waals surface area (Å²) in [5.74, 6) is 0.234. The van der Waals surface area contributed by atoms with Crippen LogP contribution in [0.3, 0.4) is 0 Å². The van der Waals surface area contributed by atoms with Crippen LogP contribution in [0.2, 0.25) is 0 Å². The summed E-state index contributed by atoms with van der Waals surface area (Å²) in [5.41, 5.74) is 1.70. The van der Waals surface area contributed by atoms with Crippen LogP contribution >= 0.6 is 0 Å². The fourth-order valence-electron chi connectivity index (χ4n) is 4.49.